The third-order valence-corrected chi connectivity index (χ3v) is 3.74. The van der Waals surface area contributed by atoms with Gasteiger partial charge >= 0.3 is 0 Å². The first-order chi connectivity index (χ1) is 10.3. The molecule has 2 aromatic rings. The topological polar surface area (TPSA) is 82.2 Å². The van der Waals surface area contributed by atoms with Crippen LogP contribution in [0.2, 0.25) is 0 Å². The highest BCUT2D eigenvalue weighted by molar-refractivity contribution is 5.95. The van der Waals surface area contributed by atoms with Crippen LogP contribution in [0.1, 0.15) is 30.4 Å². The van der Waals surface area contributed by atoms with Crippen molar-refractivity contribution in [3.63, 3.8) is 0 Å². The Morgan fingerprint density at radius 1 is 1.32 bits per heavy atom. The first-order valence-corrected chi connectivity index (χ1v) is 6.56. The summed E-state index contributed by atoms with van der Waals surface area (Å²) >= 11 is 0. The van der Waals surface area contributed by atoms with Crippen LogP contribution in [0, 0.1) is 5.82 Å². The van der Waals surface area contributed by atoms with Gasteiger partial charge in [0, 0.05) is 11.3 Å². The molecule has 22 heavy (non-hydrogen) atoms. The minimum Gasteiger partial charge on any atom is -0.399 e. The van der Waals surface area contributed by atoms with Crippen molar-refractivity contribution < 1.29 is 13.2 Å². The van der Waals surface area contributed by atoms with E-state index in [-0.39, 0.29) is 29.5 Å². The molecular weight excluding hydrogens is 295 g/mol. The van der Waals surface area contributed by atoms with Gasteiger partial charge in [0.05, 0.1) is 12.7 Å². The van der Waals surface area contributed by atoms with Crippen LogP contribution in [-0.2, 0) is 12.1 Å². The van der Waals surface area contributed by atoms with Crippen LogP contribution in [0.3, 0.4) is 0 Å². The number of nitrogens with two attached hydrogens (primary N) is 2. The molecule has 3 rings (SSSR count). The summed E-state index contributed by atoms with van der Waals surface area (Å²) in [6.07, 6.45) is -1.65. The molecule has 0 unspecified atom stereocenters. The summed E-state index contributed by atoms with van der Waals surface area (Å²) in [5.74, 6) is -0.366. The van der Waals surface area contributed by atoms with E-state index < -0.39 is 17.8 Å². The fourth-order valence-electron chi connectivity index (χ4n) is 2.69. The minimum absolute atomic E-state index is 0.00306. The molecule has 0 spiro atoms. The second kappa shape index (κ2) is 4.75. The zero-order valence-corrected chi connectivity index (χ0v) is 11.7. The average Bonchev–Trinajstić information content (AvgIpc) is 2.85. The zero-order chi connectivity index (χ0) is 16.1. The van der Waals surface area contributed by atoms with Crippen LogP contribution in [0.15, 0.2) is 29.4 Å². The van der Waals surface area contributed by atoms with Gasteiger partial charge in [0.25, 0.3) is 6.43 Å². The Labute approximate surface area is 124 Å². The Kier molecular flexibility index (Phi) is 3.12. The van der Waals surface area contributed by atoms with E-state index in [1.54, 1.807) is 6.92 Å². The van der Waals surface area contributed by atoms with E-state index in [0.29, 0.717) is 5.69 Å². The summed E-state index contributed by atoms with van der Waals surface area (Å²) in [5.41, 5.74) is 10.7. The van der Waals surface area contributed by atoms with Crippen LogP contribution in [-0.4, -0.2) is 15.4 Å². The molecule has 116 valence electrons. The van der Waals surface area contributed by atoms with Gasteiger partial charge in [-0.25, -0.2) is 18.2 Å². The van der Waals surface area contributed by atoms with Crippen molar-refractivity contribution in [1.29, 1.82) is 0 Å². The van der Waals surface area contributed by atoms with E-state index in [2.05, 4.69) is 9.98 Å². The molecule has 1 aliphatic heterocycles. The van der Waals surface area contributed by atoms with Crippen molar-refractivity contribution >= 4 is 11.5 Å². The molecule has 1 atom stereocenters. The minimum atomic E-state index is -2.71. The second-order valence-electron chi connectivity index (χ2n) is 5.40. The number of aliphatic imine (C=N–C) groups is 1. The third-order valence-electron chi connectivity index (χ3n) is 3.74. The lowest BCUT2D eigenvalue weighted by molar-refractivity contribution is 0.138. The maximum absolute atomic E-state index is 14.1. The van der Waals surface area contributed by atoms with Crippen molar-refractivity contribution in [2.75, 3.05) is 5.73 Å². The SMILES string of the molecule is C[C@@]1(c2cc(N)ccc2F)Cn2c(C(F)F)cnc2C(N)=N1. The second-order valence-corrected chi connectivity index (χ2v) is 5.40. The van der Waals surface area contributed by atoms with Crippen LogP contribution < -0.4 is 11.5 Å². The summed E-state index contributed by atoms with van der Waals surface area (Å²) < 4.78 is 41.6. The number of halogens is 3. The van der Waals surface area contributed by atoms with Gasteiger partial charge < -0.3 is 16.0 Å². The molecule has 0 radical (unpaired) electrons. The Hall–Kier alpha value is -2.51. The van der Waals surface area contributed by atoms with E-state index in [0.717, 1.165) is 6.20 Å². The van der Waals surface area contributed by atoms with E-state index in [1.165, 1.54) is 22.8 Å². The lowest BCUT2D eigenvalue weighted by atomic mass is 9.90. The quantitative estimate of drug-likeness (QED) is 0.834. The van der Waals surface area contributed by atoms with E-state index >= 15 is 0 Å². The third kappa shape index (κ3) is 2.11. The number of nitrogen functional groups attached to an aromatic ring is 1. The number of alkyl halides is 2. The molecule has 0 aliphatic carbocycles. The summed E-state index contributed by atoms with van der Waals surface area (Å²) in [7, 11) is 0. The van der Waals surface area contributed by atoms with Crippen molar-refractivity contribution in [2.45, 2.75) is 25.4 Å². The van der Waals surface area contributed by atoms with Gasteiger partial charge in [-0.05, 0) is 25.1 Å². The molecule has 0 bridgehead atoms. The standard InChI is InChI=1S/C14H14F3N5/c1-14(8-4-7(18)2-3-9(8)15)6-22-10(11(16)17)5-20-13(22)12(19)21-14/h2-5,11H,6,18H2,1H3,(H2,19,21)/t14-/m0/s1. The van der Waals surface area contributed by atoms with Crippen LogP contribution >= 0.6 is 0 Å². The van der Waals surface area contributed by atoms with Gasteiger partial charge in [-0.3, -0.25) is 4.99 Å². The maximum Gasteiger partial charge on any atom is 0.280 e. The number of rotatable bonds is 2. The van der Waals surface area contributed by atoms with Gasteiger partial charge in [0.1, 0.15) is 17.1 Å². The largest absolute Gasteiger partial charge is 0.399 e. The number of fused-ring (bicyclic) bond motifs is 1. The molecule has 1 aromatic carbocycles. The number of benzene rings is 1. The number of aromatic nitrogens is 2. The van der Waals surface area contributed by atoms with Crippen molar-refractivity contribution in [2.24, 2.45) is 10.7 Å². The average molecular weight is 309 g/mol. The summed E-state index contributed by atoms with van der Waals surface area (Å²) in [4.78, 5) is 8.14. The zero-order valence-electron chi connectivity index (χ0n) is 11.7. The summed E-state index contributed by atoms with van der Waals surface area (Å²) in [6, 6.07) is 4.08. The molecule has 1 aliphatic rings. The molecule has 1 aromatic heterocycles. The Morgan fingerprint density at radius 2 is 2.05 bits per heavy atom. The molecule has 0 saturated heterocycles. The van der Waals surface area contributed by atoms with E-state index in [9.17, 15) is 13.2 Å². The monoisotopic (exact) mass is 309 g/mol. The van der Waals surface area contributed by atoms with Gasteiger partial charge in [-0.2, -0.15) is 0 Å². The molecule has 0 saturated carbocycles. The van der Waals surface area contributed by atoms with Crippen LogP contribution in [0.25, 0.3) is 0 Å². The molecule has 0 amide bonds. The number of hydrogen-bond donors (Lipinski definition) is 2. The number of imidazole rings is 1. The molecular formula is C14H14F3N5. The predicted molar refractivity (Wildman–Crippen MR) is 76.1 cm³/mol. The highest BCUT2D eigenvalue weighted by Crippen LogP contribution is 2.36. The van der Waals surface area contributed by atoms with Gasteiger partial charge in [-0.15, -0.1) is 0 Å². The van der Waals surface area contributed by atoms with Gasteiger partial charge in [0.2, 0.25) is 0 Å². The highest BCUT2D eigenvalue weighted by Gasteiger charge is 2.37. The first kappa shape index (κ1) is 14.4. The molecule has 8 heteroatoms. The van der Waals surface area contributed by atoms with Crippen molar-refractivity contribution in [1.82, 2.24) is 9.55 Å². The normalized spacial score (nSPS) is 20.9. The van der Waals surface area contributed by atoms with Crippen LogP contribution in [0.5, 0.6) is 0 Å². The molecule has 0 fully saturated rings. The molecule has 4 N–H and O–H groups in total. The summed E-state index contributed by atoms with van der Waals surface area (Å²) in [6.45, 7) is 1.62. The fourth-order valence-corrected chi connectivity index (χ4v) is 2.69. The van der Waals surface area contributed by atoms with Gasteiger partial charge in [-0.1, -0.05) is 0 Å². The van der Waals surface area contributed by atoms with Gasteiger partial charge in [0.15, 0.2) is 11.7 Å². The maximum atomic E-state index is 14.1. The van der Waals surface area contributed by atoms with Crippen molar-refractivity contribution in [3.05, 3.63) is 47.3 Å². The number of hydrogen-bond acceptors (Lipinski definition) is 4. The number of nitrogens with zero attached hydrogens (tertiary/aromatic N) is 3. The van der Waals surface area contributed by atoms with Crippen LogP contribution in [0.4, 0.5) is 18.9 Å². The summed E-state index contributed by atoms with van der Waals surface area (Å²) in [5, 5.41) is 0. The Morgan fingerprint density at radius 3 is 2.73 bits per heavy atom. The predicted octanol–water partition coefficient (Wildman–Crippen LogP) is 2.18. The van der Waals surface area contributed by atoms with Crippen molar-refractivity contribution in [3.8, 4) is 0 Å². The Balaban J connectivity index is 2.15. The number of amidine groups is 1. The van der Waals surface area contributed by atoms with E-state index in [4.69, 9.17) is 11.5 Å². The lowest BCUT2D eigenvalue weighted by Crippen LogP contribution is -2.38. The molecule has 5 nitrogen and oxygen atoms in total. The lowest BCUT2D eigenvalue weighted by Gasteiger charge is -2.32. The molecule has 2 heterocycles. The smallest absolute Gasteiger partial charge is 0.280 e. The first-order valence-electron chi connectivity index (χ1n) is 6.56. The Bertz CT molecular complexity index is 768. The van der Waals surface area contributed by atoms with E-state index in [1.807, 2.05) is 0 Å². The number of anilines is 1. The highest BCUT2D eigenvalue weighted by atomic mass is 19.3. The fraction of sp³-hybridized carbons (Fsp3) is 0.286.